The van der Waals surface area contributed by atoms with Crippen LogP contribution >= 0.6 is 0 Å². The quantitative estimate of drug-likeness (QED) is 0.702. The SMILES string of the molecule is Cc1ccc2[nH]nc(C(=O)NCCCn3cccn3)c2c1. The molecule has 0 saturated carbocycles. The number of carbonyl (C=O) groups excluding carboxylic acids is 1. The number of H-pyrrole nitrogens is 1. The van der Waals surface area contributed by atoms with Crippen LogP contribution in [0.3, 0.4) is 0 Å². The van der Waals surface area contributed by atoms with Gasteiger partial charge in [0.1, 0.15) is 0 Å². The van der Waals surface area contributed by atoms with Crippen LogP contribution in [0, 0.1) is 6.92 Å². The minimum atomic E-state index is -0.146. The molecule has 0 fully saturated rings. The summed E-state index contributed by atoms with van der Waals surface area (Å²) < 4.78 is 1.85. The molecule has 108 valence electrons. The number of nitrogens with one attached hydrogen (secondary N) is 2. The fraction of sp³-hybridized carbons (Fsp3) is 0.267. The molecule has 0 saturated heterocycles. The number of amides is 1. The standard InChI is InChI=1S/C15H17N5O/c1-11-4-5-13-12(10-11)14(19-18-13)15(21)16-6-2-8-20-9-3-7-17-20/h3-5,7,9-10H,2,6,8H2,1H3,(H,16,21)(H,18,19). The molecule has 2 aromatic heterocycles. The first-order chi connectivity index (χ1) is 10.2. The molecule has 0 aliphatic heterocycles. The van der Waals surface area contributed by atoms with Gasteiger partial charge in [0.25, 0.3) is 5.91 Å². The zero-order valence-electron chi connectivity index (χ0n) is 11.8. The number of benzene rings is 1. The van der Waals surface area contributed by atoms with Gasteiger partial charge in [-0.3, -0.25) is 14.6 Å². The van der Waals surface area contributed by atoms with E-state index in [0.717, 1.165) is 29.4 Å². The molecule has 1 amide bonds. The summed E-state index contributed by atoms with van der Waals surface area (Å²) in [6.07, 6.45) is 4.48. The number of aryl methyl sites for hydroxylation is 2. The highest BCUT2D eigenvalue weighted by Gasteiger charge is 2.13. The Morgan fingerprint density at radius 3 is 3.14 bits per heavy atom. The van der Waals surface area contributed by atoms with Crippen LogP contribution in [0.2, 0.25) is 0 Å². The summed E-state index contributed by atoms with van der Waals surface area (Å²) in [6, 6.07) is 7.78. The number of carbonyl (C=O) groups is 1. The van der Waals surface area contributed by atoms with E-state index < -0.39 is 0 Å². The summed E-state index contributed by atoms with van der Waals surface area (Å²) in [5.74, 6) is -0.146. The van der Waals surface area contributed by atoms with Crippen LogP contribution in [-0.2, 0) is 6.54 Å². The van der Waals surface area contributed by atoms with Gasteiger partial charge in [-0.15, -0.1) is 0 Å². The van der Waals surface area contributed by atoms with E-state index in [4.69, 9.17) is 0 Å². The van der Waals surface area contributed by atoms with Crippen LogP contribution in [0.1, 0.15) is 22.5 Å². The smallest absolute Gasteiger partial charge is 0.272 e. The molecule has 21 heavy (non-hydrogen) atoms. The third-order valence-electron chi connectivity index (χ3n) is 3.34. The molecule has 6 nitrogen and oxygen atoms in total. The maximum absolute atomic E-state index is 12.2. The number of aromatic nitrogens is 4. The van der Waals surface area contributed by atoms with E-state index in [0.29, 0.717) is 12.2 Å². The second-order valence-corrected chi connectivity index (χ2v) is 5.00. The Morgan fingerprint density at radius 2 is 2.33 bits per heavy atom. The van der Waals surface area contributed by atoms with E-state index >= 15 is 0 Å². The number of aromatic amines is 1. The molecule has 0 aliphatic carbocycles. The van der Waals surface area contributed by atoms with Crippen molar-refractivity contribution in [3.05, 3.63) is 47.9 Å². The van der Waals surface area contributed by atoms with Crippen LogP contribution in [0.15, 0.2) is 36.7 Å². The summed E-state index contributed by atoms with van der Waals surface area (Å²) in [5.41, 5.74) is 2.44. The fourth-order valence-corrected chi connectivity index (χ4v) is 2.26. The minimum Gasteiger partial charge on any atom is -0.351 e. The highest BCUT2D eigenvalue weighted by molar-refractivity contribution is 6.04. The van der Waals surface area contributed by atoms with Gasteiger partial charge in [-0.1, -0.05) is 11.6 Å². The fourth-order valence-electron chi connectivity index (χ4n) is 2.26. The molecule has 0 atom stereocenters. The van der Waals surface area contributed by atoms with Crippen molar-refractivity contribution in [2.75, 3.05) is 6.54 Å². The maximum atomic E-state index is 12.2. The average molecular weight is 283 g/mol. The van der Waals surface area contributed by atoms with Crippen molar-refractivity contribution in [3.8, 4) is 0 Å². The molecular formula is C15H17N5O. The Kier molecular flexibility index (Phi) is 3.68. The zero-order chi connectivity index (χ0) is 14.7. The summed E-state index contributed by atoms with van der Waals surface area (Å²) in [6.45, 7) is 3.38. The normalized spacial score (nSPS) is 10.9. The third-order valence-corrected chi connectivity index (χ3v) is 3.34. The van der Waals surface area contributed by atoms with Crippen molar-refractivity contribution in [1.29, 1.82) is 0 Å². The van der Waals surface area contributed by atoms with Gasteiger partial charge < -0.3 is 5.32 Å². The molecule has 1 aromatic carbocycles. The lowest BCUT2D eigenvalue weighted by Gasteiger charge is -2.04. The maximum Gasteiger partial charge on any atom is 0.272 e. The molecule has 0 bridgehead atoms. The zero-order valence-corrected chi connectivity index (χ0v) is 11.8. The average Bonchev–Trinajstić information content (AvgIpc) is 3.12. The van der Waals surface area contributed by atoms with E-state index in [2.05, 4.69) is 20.6 Å². The lowest BCUT2D eigenvalue weighted by Crippen LogP contribution is -2.25. The molecule has 0 aliphatic rings. The molecule has 0 unspecified atom stereocenters. The van der Waals surface area contributed by atoms with Crippen LogP contribution in [0.25, 0.3) is 10.9 Å². The molecule has 2 heterocycles. The molecular weight excluding hydrogens is 266 g/mol. The summed E-state index contributed by atoms with van der Waals surface area (Å²) in [7, 11) is 0. The second-order valence-electron chi connectivity index (χ2n) is 5.00. The molecule has 3 rings (SSSR count). The number of rotatable bonds is 5. The minimum absolute atomic E-state index is 0.146. The summed E-state index contributed by atoms with van der Waals surface area (Å²) in [4.78, 5) is 12.2. The van der Waals surface area contributed by atoms with Crippen LogP contribution in [0.5, 0.6) is 0 Å². The number of nitrogens with zero attached hydrogens (tertiary/aromatic N) is 3. The van der Waals surface area contributed by atoms with Gasteiger partial charge in [0, 0.05) is 30.9 Å². The van der Waals surface area contributed by atoms with Gasteiger partial charge in [-0.05, 0) is 31.5 Å². The van der Waals surface area contributed by atoms with Gasteiger partial charge in [0.2, 0.25) is 0 Å². The molecule has 0 radical (unpaired) electrons. The predicted molar refractivity (Wildman–Crippen MR) is 80.0 cm³/mol. The lowest BCUT2D eigenvalue weighted by molar-refractivity contribution is 0.0949. The Morgan fingerprint density at radius 1 is 1.43 bits per heavy atom. The Hall–Kier alpha value is -2.63. The number of hydrogen-bond donors (Lipinski definition) is 2. The molecule has 3 aromatic rings. The summed E-state index contributed by atoms with van der Waals surface area (Å²) >= 11 is 0. The Balaban J connectivity index is 1.60. The van der Waals surface area contributed by atoms with E-state index in [9.17, 15) is 4.79 Å². The first-order valence-corrected chi connectivity index (χ1v) is 6.94. The highest BCUT2D eigenvalue weighted by atomic mass is 16.1. The monoisotopic (exact) mass is 283 g/mol. The van der Waals surface area contributed by atoms with E-state index in [1.54, 1.807) is 6.20 Å². The van der Waals surface area contributed by atoms with Crippen LogP contribution in [0.4, 0.5) is 0 Å². The Bertz CT molecular complexity index is 745. The van der Waals surface area contributed by atoms with Gasteiger partial charge in [0.15, 0.2) is 5.69 Å². The molecule has 2 N–H and O–H groups in total. The largest absolute Gasteiger partial charge is 0.351 e. The van der Waals surface area contributed by atoms with E-state index in [-0.39, 0.29) is 5.91 Å². The third kappa shape index (κ3) is 2.94. The Labute approximate surface area is 122 Å². The topological polar surface area (TPSA) is 75.6 Å². The van der Waals surface area contributed by atoms with Crippen molar-refractivity contribution >= 4 is 16.8 Å². The predicted octanol–water partition coefficient (Wildman–Crippen LogP) is 1.89. The van der Waals surface area contributed by atoms with Crippen molar-refractivity contribution in [3.63, 3.8) is 0 Å². The molecule has 0 spiro atoms. The van der Waals surface area contributed by atoms with Gasteiger partial charge in [-0.25, -0.2) is 0 Å². The van der Waals surface area contributed by atoms with Crippen molar-refractivity contribution < 1.29 is 4.79 Å². The lowest BCUT2D eigenvalue weighted by atomic mass is 10.1. The first kappa shape index (κ1) is 13.4. The molecule has 6 heteroatoms. The van der Waals surface area contributed by atoms with Crippen molar-refractivity contribution in [2.24, 2.45) is 0 Å². The second kappa shape index (κ2) is 5.78. The van der Waals surface area contributed by atoms with E-state index in [1.165, 1.54) is 0 Å². The van der Waals surface area contributed by atoms with Crippen molar-refractivity contribution in [1.82, 2.24) is 25.3 Å². The first-order valence-electron chi connectivity index (χ1n) is 6.94. The summed E-state index contributed by atoms with van der Waals surface area (Å²) in [5, 5.41) is 14.9. The van der Waals surface area contributed by atoms with Gasteiger partial charge in [-0.2, -0.15) is 10.2 Å². The van der Waals surface area contributed by atoms with E-state index in [1.807, 2.05) is 42.1 Å². The van der Waals surface area contributed by atoms with Crippen LogP contribution < -0.4 is 5.32 Å². The van der Waals surface area contributed by atoms with Crippen molar-refractivity contribution in [2.45, 2.75) is 19.9 Å². The highest BCUT2D eigenvalue weighted by Crippen LogP contribution is 2.17. The van der Waals surface area contributed by atoms with Gasteiger partial charge in [0.05, 0.1) is 5.52 Å². The number of fused-ring (bicyclic) bond motifs is 1. The van der Waals surface area contributed by atoms with Gasteiger partial charge >= 0.3 is 0 Å². The number of hydrogen-bond acceptors (Lipinski definition) is 3. The van der Waals surface area contributed by atoms with Crippen LogP contribution in [-0.4, -0.2) is 32.4 Å².